The van der Waals surface area contributed by atoms with Crippen LogP contribution in [0, 0.1) is 12.7 Å². The van der Waals surface area contributed by atoms with E-state index in [2.05, 4.69) is 10.5 Å². The highest BCUT2D eigenvalue weighted by molar-refractivity contribution is 7.98. The number of anilines is 1. The first-order valence-electron chi connectivity index (χ1n) is 6.19. The summed E-state index contributed by atoms with van der Waals surface area (Å²) in [4.78, 5) is 11.6. The minimum atomic E-state index is -0.234. The summed E-state index contributed by atoms with van der Waals surface area (Å²) in [5.41, 5.74) is 0.919. The number of benzene rings is 1. The summed E-state index contributed by atoms with van der Waals surface area (Å²) in [7, 11) is 0. The maximum atomic E-state index is 13.0. The molecule has 0 radical (unpaired) electrons. The molecule has 6 heteroatoms. The van der Waals surface area contributed by atoms with Gasteiger partial charge in [0.1, 0.15) is 11.6 Å². The minimum absolute atomic E-state index is 0.106. The van der Waals surface area contributed by atoms with Crippen LogP contribution < -0.4 is 5.32 Å². The lowest BCUT2D eigenvalue weighted by Gasteiger charge is -2.02. The Morgan fingerprint density at radius 2 is 2.30 bits per heavy atom. The van der Waals surface area contributed by atoms with Crippen molar-refractivity contribution < 1.29 is 13.7 Å². The zero-order valence-electron chi connectivity index (χ0n) is 11.1. The van der Waals surface area contributed by atoms with Gasteiger partial charge in [-0.2, -0.15) is 11.8 Å². The van der Waals surface area contributed by atoms with Crippen LogP contribution in [-0.4, -0.2) is 16.8 Å². The molecule has 1 N–H and O–H groups in total. The standard InChI is InChI=1S/C14H15FN2O2S/c1-10-7-13(17-19-10)16-14(18)5-6-20-9-11-3-2-4-12(15)8-11/h2-4,7-8H,5-6,9H2,1H3,(H,16,17,18). The first-order chi connectivity index (χ1) is 9.63. The number of hydrogen-bond donors (Lipinski definition) is 1. The molecule has 1 aromatic heterocycles. The molecule has 0 saturated heterocycles. The summed E-state index contributed by atoms with van der Waals surface area (Å²) < 4.78 is 17.8. The lowest BCUT2D eigenvalue weighted by atomic mass is 10.2. The summed E-state index contributed by atoms with van der Waals surface area (Å²) in [6.45, 7) is 1.76. The number of carbonyl (C=O) groups is 1. The number of aromatic nitrogens is 1. The topological polar surface area (TPSA) is 55.1 Å². The summed E-state index contributed by atoms with van der Waals surface area (Å²) in [5, 5.41) is 6.34. The molecule has 0 aliphatic carbocycles. The van der Waals surface area contributed by atoms with E-state index < -0.39 is 0 Å². The Kier molecular flexibility index (Phi) is 5.17. The van der Waals surface area contributed by atoms with Gasteiger partial charge in [0.2, 0.25) is 5.91 Å². The van der Waals surface area contributed by atoms with Crippen molar-refractivity contribution in [2.45, 2.75) is 19.1 Å². The first-order valence-corrected chi connectivity index (χ1v) is 7.34. The van der Waals surface area contributed by atoms with Crippen molar-refractivity contribution in [3.05, 3.63) is 47.5 Å². The van der Waals surface area contributed by atoms with Gasteiger partial charge in [0.15, 0.2) is 5.82 Å². The van der Waals surface area contributed by atoms with Gasteiger partial charge in [-0.1, -0.05) is 17.3 Å². The molecule has 0 aliphatic heterocycles. The first kappa shape index (κ1) is 14.6. The van der Waals surface area contributed by atoms with Crippen LogP contribution in [0.3, 0.4) is 0 Å². The van der Waals surface area contributed by atoms with Crippen molar-refractivity contribution in [2.24, 2.45) is 0 Å². The molecule has 2 rings (SSSR count). The molecular formula is C14H15FN2O2S. The molecule has 0 bridgehead atoms. The number of nitrogens with zero attached hydrogens (tertiary/aromatic N) is 1. The van der Waals surface area contributed by atoms with Crippen LogP contribution in [0.5, 0.6) is 0 Å². The van der Waals surface area contributed by atoms with Crippen LogP contribution in [0.15, 0.2) is 34.9 Å². The molecule has 0 atom stereocenters. The van der Waals surface area contributed by atoms with Gasteiger partial charge in [-0.25, -0.2) is 4.39 Å². The van der Waals surface area contributed by atoms with Gasteiger partial charge in [0.25, 0.3) is 0 Å². The Morgan fingerprint density at radius 3 is 3.00 bits per heavy atom. The molecule has 0 spiro atoms. The third-order valence-corrected chi connectivity index (χ3v) is 3.56. The van der Waals surface area contributed by atoms with Gasteiger partial charge in [0, 0.05) is 24.0 Å². The lowest BCUT2D eigenvalue weighted by molar-refractivity contribution is -0.115. The number of halogens is 1. The normalized spacial score (nSPS) is 10.5. The second-order valence-electron chi connectivity index (χ2n) is 4.30. The smallest absolute Gasteiger partial charge is 0.226 e. The number of amides is 1. The SMILES string of the molecule is Cc1cc(NC(=O)CCSCc2cccc(F)c2)no1. The van der Waals surface area contributed by atoms with Crippen molar-refractivity contribution in [2.75, 3.05) is 11.1 Å². The molecule has 2 aromatic rings. The number of rotatable bonds is 6. The van der Waals surface area contributed by atoms with Crippen molar-refractivity contribution >= 4 is 23.5 Å². The summed E-state index contributed by atoms with van der Waals surface area (Å²) in [6.07, 6.45) is 0.381. The van der Waals surface area contributed by atoms with Crippen LogP contribution >= 0.6 is 11.8 Å². The van der Waals surface area contributed by atoms with E-state index >= 15 is 0 Å². The molecule has 0 saturated carbocycles. The zero-order chi connectivity index (χ0) is 14.4. The number of nitrogens with one attached hydrogen (secondary N) is 1. The minimum Gasteiger partial charge on any atom is -0.360 e. The Hall–Kier alpha value is -1.82. The number of aryl methyl sites for hydroxylation is 1. The predicted molar refractivity (Wildman–Crippen MR) is 77.0 cm³/mol. The van der Waals surface area contributed by atoms with Crippen molar-refractivity contribution in [1.82, 2.24) is 5.16 Å². The van der Waals surface area contributed by atoms with E-state index in [0.29, 0.717) is 29.5 Å². The number of thioether (sulfide) groups is 1. The fourth-order valence-electron chi connectivity index (χ4n) is 1.61. The van der Waals surface area contributed by atoms with E-state index in [1.54, 1.807) is 30.8 Å². The Balaban J connectivity index is 1.67. The Bertz CT molecular complexity index is 586. The van der Waals surface area contributed by atoms with E-state index in [1.165, 1.54) is 12.1 Å². The van der Waals surface area contributed by atoms with Gasteiger partial charge in [0.05, 0.1) is 0 Å². The van der Waals surface area contributed by atoms with Crippen LogP contribution in [0.2, 0.25) is 0 Å². The molecule has 0 aliphatic rings. The summed E-state index contributed by atoms with van der Waals surface area (Å²) >= 11 is 1.59. The quantitative estimate of drug-likeness (QED) is 0.830. The van der Waals surface area contributed by atoms with E-state index in [0.717, 1.165) is 5.56 Å². The molecule has 0 unspecified atom stereocenters. The largest absolute Gasteiger partial charge is 0.360 e. The molecule has 20 heavy (non-hydrogen) atoms. The monoisotopic (exact) mass is 294 g/mol. The number of carbonyl (C=O) groups excluding carboxylic acids is 1. The molecule has 1 aromatic carbocycles. The number of hydrogen-bond acceptors (Lipinski definition) is 4. The molecule has 0 fully saturated rings. The third-order valence-electron chi connectivity index (χ3n) is 2.53. The van der Waals surface area contributed by atoms with Gasteiger partial charge < -0.3 is 9.84 Å². The van der Waals surface area contributed by atoms with Crippen LogP contribution in [0.4, 0.5) is 10.2 Å². The van der Waals surface area contributed by atoms with Gasteiger partial charge in [-0.15, -0.1) is 0 Å². The van der Waals surface area contributed by atoms with E-state index in [4.69, 9.17) is 4.52 Å². The van der Waals surface area contributed by atoms with Crippen LogP contribution in [-0.2, 0) is 10.5 Å². The average molecular weight is 294 g/mol. The van der Waals surface area contributed by atoms with Crippen LogP contribution in [0.1, 0.15) is 17.7 Å². The van der Waals surface area contributed by atoms with E-state index in [9.17, 15) is 9.18 Å². The highest BCUT2D eigenvalue weighted by Gasteiger charge is 2.06. The molecule has 4 nitrogen and oxygen atoms in total. The predicted octanol–water partition coefficient (Wildman–Crippen LogP) is 3.38. The summed E-state index contributed by atoms with van der Waals surface area (Å²) in [6, 6.07) is 8.14. The molecule has 1 amide bonds. The van der Waals surface area contributed by atoms with Gasteiger partial charge >= 0.3 is 0 Å². The maximum Gasteiger partial charge on any atom is 0.226 e. The average Bonchev–Trinajstić information content (AvgIpc) is 2.80. The lowest BCUT2D eigenvalue weighted by Crippen LogP contribution is -2.12. The molecule has 106 valence electrons. The fraction of sp³-hybridized carbons (Fsp3) is 0.286. The van der Waals surface area contributed by atoms with Crippen molar-refractivity contribution in [3.63, 3.8) is 0 Å². The maximum absolute atomic E-state index is 13.0. The zero-order valence-corrected chi connectivity index (χ0v) is 11.9. The second kappa shape index (κ2) is 7.09. The van der Waals surface area contributed by atoms with Crippen LogP contribution in [0.25, 0.3) is 0 Å². The van der Waals surface area contributed by atoms with Gasteiger partial charge in [-0.05, 0) is 24.6 Å². The third kappa shape index (κ3) is 4.70. The van der Waals surface area contributed by atoms with Crippen molar-refractivity contribution in [1.29, 1.82) is 0 Å². The van der Waals surface area contributed by atoms with E-state index in [-0.39, 0.29) is 11.7 Å². The Morgan fingerprint density at radius 1 is 1.45 bits per heavy atom. The highest BCUT2D eigenvalue weighted by atomic mass is 32.2. The van der Waals surface area contributed by atoms with Crippen molar-refractivity contribution in [3.8, 4) is 0 Å². The fourth-order valence-corrected chi connectivity index (χ4v) is 2.50. The second-order valence-corrected chi connectivity index (χ2v) is 5.41. The summed E-state index contributed by atoms with van der Waals surface area (Å²) in [5.74, 6) is 2.10. The molecule has 1 heterocycles. The Labute approximate surface area is 120 Å². The highest BCUT2D eigenvalue weighted by Crippen LogP contribution is 2.14. The molecular weight excluding hydrogens is 279 g/mol. The van der Waals surface area contributed by atoms with Gasteiger partial charge in [-0.3, -0.25) is 4.79 Å². The van der Waals surface area contributed by atoms with E-state index in [1.807, 2.05) is 6.07 Å².